The van der Waals surface area contributed by atoms with Gasteiger partial charge in [-0.05, 0) is 34.1 Å². The van der Waals surface area contributed by atoms with Gasteiger partial charge in [0.2, 0.25) is 0 Å². The molecule has 0 saturated carbocycles. The van der Waals surface area contributed by atoms with Crippen LogP contribution in [0.1, 0.15) is 0 Å². The van der Waals surface area contributed by atoms with E-state index in [4.69, 9.17) is 4.74 Å². The van der Waals surface area contributed by atoms with Gasteiger partial charge in [-0.3, -0.25) is 0 Å². The van der Waals surface area contributed by atoms with E-state index in [2.05, 4.69) is 50.3 Å². The molecule has 0 aliphatic rings. The van der Waals surface area contributed by atoms with Crippen molar-refractivity contribution < 1.29 is 18.3 Å². The summed E-state index contributed by atoms with van der Waals surface area (Å²) in [4.78, 5) is 8.91. The first-order valence-electron chi connectivity index (χ1n) is 8.88. The van der Waals surface area contributed by atoms with Crippen molar-refractivity contribution in [2.24, 2.45) is 0 Å². The molecule has 2 aromatic heterocycles. The molecule has 150 valence electrons. The molecule has 9 heteroatoms. The molecule has 1 aromatic carbocycles. The van der Waals surface area contributed by atoms with E-state index in [1.165, 1.54) is 6.07 Å². The predicted molar refractivity (Wildman–Crippen MR) is 111 cm³/mol. The van der Waals surface area contributed by atoms with Gasteiger partial charge in [-0.15, -0.1) is 0 Å². The lowest BCUT2D eigenvalue weighted by atomic mass is 10.2. The van der Waals surface area contributed by atoms with E-state index < -0.39 is 14.7 Å². The van der Waals surface area contributed by atoms with Crippen molar-refractivity contribution in [3.05, 3.63) is 41.1 Å². The topological polar surface area (TPSA) is 49.2 Å². The number of ether oxygens (including phenoxy) is 2. The Morgan fingerprint density at radius 3 is 2.68 bits per heavy atom. The van der Waals surface area contributed by atoms with Crippen LogP contribution in [0.3, 0.4) is 0 Å². The molecule has 0 fully saturated rings. The summed E-state index contributed by atoms with van der Waals surface area (Å²) in [5, 5.41) is 0. The Morgan fingerprint density at radius 1 is 1.21 bits per heavy atom. The standard InChI is InChI=1S/C19H22BrF2N3O2Si/c1-28(2,3)9-8-26-12-25-11-14(20)17-15(25)10-23-18(24-17)13-6-4-5-7-16(13)27-19(21)22/h4-7,10-11,19H,8-9,12H2,1-3H3. The average molecular weight is 470 g/mol. The summed E-state index contributed by atoms with van der Waals surface area (Å²) in [6.45, 7) is 5.13. The summed E-state index contributed by atoms with van der Waals surface area (Å²) in [6, 6.07) is 7.58. The second-order valence-corrected chi connectivity index (χ2v) is 14.1. The fourth-order valence-corrected chi connectivity index (χ4v) is 3.95. The summed E-state index contributed by atoms with van der Waals surface area (Å²) in [5.74, 6) is 0.365. The van der Waals surface area contributed by atoms with Crippen molar-refractivity contribution >= 4 is 35.0 Å². The quantitative estimate of drug-likeness (QED) is 0.310. The zero-order chi connectivity index (χ0) is 20.3. The van der Waals surface area contributed by atoms with E-state index in [0.717, 1.165) is 16.0 Å². The van der Waals surface area contributed by atoms with Crippen LogP contribution in [0.5, 0.6) is 5.75 Å². The molecule has 0 radical (unpaired) electrons. The second-order valence-electron chi connectivity index (χ2n) is 7.60. The molecule has 0 bridgehead atoms. The molecule has 0 amide bonds. The third-order valence-electron chi connectivity index (χ3n) is 4.15. The van der Waals surface area contributed by atoms with Crippen LogP contribution < -0.4 is 4.74 Å². The number of para-hydroxylation sites is 1. The highest BCUT2D eigenvalue weighted by molar-refractivity contribution is 9.10. The largest absolute Gasteiger partial charge is 0.434 e. The number of hydrogen-bond acceptors (Lipinski definition) is 4. The second kappa shape index (κ2) is 8.67. The van der Waals surface area contributed by atoms with Gasteiger partial charge in [0.15, 0.2) is 5.82 Å². The molecule has 3 rings (SSSR count). The van der Waals surface area contributed by atoms with Crippen LogP contribution in [-0.4, -0.2) is 35.8 Å². The molecule has 0 aliphatic carbocycles. The van der Waals surface area contributed by atoms with E-state index in [1.807, 2.05) is 10.8 Å². The van der Waals surface area contributed by atoms with Crippen molar-refractivity contribution in [1.29, 1.82) is 0 Å². The minimum Gasteiger partial charge on any atom is -0.434 e. The van der Waals surface area contributed by atoms with Crippen LogP contribution in [0, 0.1) is 0 Å². The number of hydrogen-bond donors (Lipinski definition) is 0. The molecule has 28 heavy (non-hydrogen) atoms. The van der Waals surface area contributed by atoms with Gasteiger partial charge >= 0.3 is 6.61 Å². The Morgan fingerprint density at radius 2 is 1.96 bits per heavy atom. The van der Waals surface area contributed by atoms with E-state index >= 15 is 0 Å². The van der Waals surface area contributed by atoms with Crippen molar-refractivity contribution in [2.45, 2.75) is 39.0 Å². The third kappa shape index (κ3) is 5.15. The van der Waals surface area contributed by atoms with Crippen molar-refractivity contribution in [3.8, 4) is 17.1 Å². The van der Waals surface area contributed by atoms with E-state index in [-0.39, 0.29) is 5.75 Å². The lowest BCUT2D eigenvalue weighted by Gasteiger charge is -2.15. The average Bonchev–Trinajstić information content (AvgIpc) is 2.93. The van der Waals surface area contributed by atoms with Crippen LogP contribution in [0.4, 0.5) is 8.78 Å². The normalized spacial score (nSPS) is 12.1. The molecular weight excluding hydrogens is 448 g/mol. The Labute approximate surface area is 171 Å². The molecule has 0 saturated heterocycles. The molecule has 2 heterocycles. The van der Waals surface area contributed by atoms with Crippen LogP contribution in [0.25, 0.3) is 22.4 Å². The third-order valence-corrected chi connectivity index (χ3v) is 6.43. The molecular formula is C19H22BrF2N3O2Si. The fraction of sp³-hybridized carbons (Fsp3) is 0.368. The summed E-state index contributed by atoms with van der Waals surface area (Å²) >= 11 is 3.51. The molecule has 3 aromatic rings. The SMILES string of the molecule is C[Si](C)(C)CCOCn1cc(Br)c2nc(-c3ccccc3OC(F)F)ncc21. The lowest BCUT2D eigenvalue weighted by molar-refractivity contribution is -0.0494. The van der Waals surface area contributed by atoms with Crippen molar-refractivity contribution in [2.75, 3.05) is 6.61 Å². The fourth-order valence-electron chi connectivity index (χ4n) is 2.66. The Hall–Kier alpha value is -1.84. The lowest BCUT2D eigenvalue weighted by Crippen LogP contribution is -2.21. The number of nitrogens with zero attached hydrogens (tertiary/aromatic N) is 3. The molecule has 0 atom stereocenters. The van der Waals surface area contributed by atoms with Gasteiger partial charge in [-0.25, -0.2) is 9.97 Å². The molecule has 0 aliphatic heterocycles. The predicted octanol–water partition coefficient (Wildman–Crippen LogP) is 5.77. The number of halogens is 3. The van der Waals surface area contributed by atoms with Crippen LogP contribution in [0.15, 0.2) is 41.1 Å². The monoisotopic (exact) mass is 469 g/mol. The zero-order valence-corrected chi connectivity index (χ0v) is 18.5. The van der Waals surface area contributed by atoms with Gasteiger partial charge in [0, 0.05) is 20.9 Å². The number of benzene rings is 1. The van der Waals surface area contributed by atoms with Gasteiger partial charge in [-0.2, -0.15) is 8.78 Å². The molecule has 0 unspecified atom stereocenters. The number of rotatable bonds is 8. The first kappa shape index (κ1) is 20.9. The first-order valence-corrected chi connectivity index (χ1v) is 13.4. The summed E-state index contributed by atoms with van der Waals surface area (Å²) in [5.41, 5.74) is 1.90. The number of aromatic nitrogens is 3. The highest BCUT2D eigenvalue weighted by Gasteiger charge is 2.16. The van der Waals surface area contributed by atoms with Gasteiger partial charge in [-0.1, -0.05) is 31.8 Å². The van der Waals surface area contributed by atoms with Gasteiger partial charge < -0.3 is 14.0 Å². The molecule has 0 spiro atoms. The first-order chi connectivity index (χ1) is 13.2. The summed E-state index contributed by atoms with van der Waals surface area (Å²) in [6.07, 6.45) is 3.56. The maximum atomic E-state index is 12.7. The van der Waals surface area contributed by atoms with E-state index in [9.17, 15) is 8.78 Å². The number of fused-ring (bicyclic) bond motifs is 1. The van der Waals surface area contributed by atoms with Crippen molar-refractivity contribution in [1.82, 2.24) is 14.5 Å². The maximum absolute atomic E-state index is 12.7. The Bertz CT molecular complexity index is 960. The minimum absolute atomic E-state index is 0.0436. The van der Waals surface area contributed by atoms with Crippen LogP contribution in [-0.2, 0) is 11.5 Å². The molecule has 0 N–H and O–H groups in total. The zero-order valence-electron chi connectivity index (χ0n) is 16.0. The Balaban J connectivity index is 1.85. The van der Waals surface area contributed by atoms with Gasteiger partial charge in [0.1, 0.15) is 18.0 Å². The van der Waals surface area contributed by atoms with Gasteiger partial charge in [0.05, 0.1) is 21.7 Å². The van der Waals surface area contributed by atoms with Crippen molar-refractivity contribution in [3.63, 3.8) is 0 Å². The highest BCUT2D eigenvalue weighted by Crippen LogP contribution is 2.31. The summed E-state index contributed by atoms with van der Waals surface area (Å²) in [7, 11) is -1.14. The van der Waals surface area contributed by atoms with E-state index in [0.29, 0.717) is 30.2 Å². The van der Waals surface area contributed by atoms with Crippen LogP contribution >= 0.6 is 15.9 Å². The molecule has 5 nitrogen and oxygen atoms in total. The Kier molecular flexibility index (Phi) is 6.46. The van der Waals surface area contributed by atoms with Gasteiger partial charge in [0.25, 0.3) is 0 Å². The number of alkyl halides is 2. The van der Waals surface area contributed by atoms with E-state index in [1.54, 1.807) is 24.4 Å². The van der Waals surface area contributed by atoms with Crippen LogP contribution in [0.2, 0.25) is 25.7 Å². The maximum Gasteiger partial charge on any atom is 0.387 e. The highest BCUT2D eigenvalue weighted by atomic mass is 79.9. The summed E-state index contributed by atoms with van der Waals surface area (Å²) < 4.78 is 38.5. The smallest absolute Gasteiger partial charge is 0.387 e. The minimum atomic E-state index is -2.91.